The second kappa shape index (κ2) is 4.43. The molecule has 3 nitrogen and oxygen atoms in total. The number of carbonyl (C=O) groups excluding carboxylic acids is 1. The first-order chi connectivity index (χ1) is 9.18. The minimum Gasteiger partial charge on any atom is -0.366 e. The smallest absolute Gasteiger partial charge is 0.250 e. The number of carbonyl (C=O) groups is 1. The van der Waals surface area contributed by atoms with Gasteiger partial charge in [-0.2, -0.15) is 0 Å². The van der Waals surface area contributed by atoms with Gasteiger partial charge < -0.3 is 10.6 Å². The number of hydrogen-bond donors (Lipinski definition) is 1. The molecule has 19 heavy (non-hydrogen) atoms. The molecule has 0 bridgehead atoms. The van der Waals surface area contributed by atoms with E-state index in [9.17, 15) is 4.79 Å². The Kier molecular flexibility index (Phi) is 2.75. The number of para-hydroxylation sites is 2. The summed E-state index contributed by atoms with van der Waals surface area (Å²) in [7, 11) is 0. The van der Waals surface area contributed by atoms with Crippen molar-refractivity contribution in [2.24, 2.45) is 5.73 Å². The Labute approximate surface area is 112 Å². The van der Waals surface area contributed by atoms with Gasteiger partial charge in [0.05, 0.1) is 11.3 Å². The number of rotatable bonds is 2. The van der Waals surface area contributed by atoms with E-state index in [0.29, 0.717) is 11.6 Å². The third-order valence-corrected chi connectivity index (χ3v) is 3.64. The summed E-state index contributed by atoms with van der Waals surface area (Å²) in [5, 5.41) is 0. The number of anilines is 2. The molecule has 1 amide bonds. The van der Waals surface area contributed by atoms with Crippen molar-refractivity contribution in [2.75, 3.05) is 4.90 Å². The van der Waals surface area contributed by atoms with Gasteiger partial charge in [-0.15, -0.1) is 0 Å². The van der Waals surface area contributed by atoms with Gasteiger partial charge in [-0.05, 0) is 37.1 Å². The average Bonchev–Trinajstić information content (AvgIpc) is 2.74. The predicted molar refractivity (Wildman–Crippen MR) is 76.7 cm³/mol. The summed E-state index contributed by atoms with van der Waals surface area (Å²) in [5.74, 6) is -0.382. The summed E-state index contributed by atoms with van der Waals surface area (Å²) in [5.41, 5.74) is 9.44. The van der Waals surface area contributed by atoms with E-state index in [1.54, 1.807) is 6.07 Å². The third kappa shape index (κ3) is 1.87. The SMILES string of the molecule is CC1Cc2ccccc2N1c1ccccc1C(N)=O. The van der Waals surface area contributed by atoms with Gasteiger partial charge in [-0.25, -0.2) is 0 Å². The summed E-state index contributed by atoms with van der Waals surface area (Å²) < 4.78 is 0. The van der Waals surface area contributed by atoms with Crippen LogP contribution in [0.5, 0.6) is 0 Å². The molecule has 3 heteroatoms. The Balaban J connectivity index is 2.15. The van der Waals surface area contributed by atoms with Gasteiger partial charge >= 0.3 is 0 Å². The molecule has 0 saturated carbocycles. The quantitative estimate of drug-likeness (QED) is 0.893. The lowest BCUT2D eigenvalue weighted by molar-refractivity contribution is 0.100. The van der Waals surface area contributed by atoms with Crippen LogP contribution in [-0.2, 0) is 6.42 Å². The van der Waals surface area contributed by atoms with E-state index in [2.05, 4.69) is 30.0 Å². The second-order valence-corrected chi connectivity index (χ2v) is 4.93. The fraction of sp³-hybridized carbons (Fsp3) is 0.188. The van der Waals surface area contributed by atoms with E-state index in [4.69, 9.17) is 5.73 Å². The van der Waals surface area contributed by atoms with Crippen molar-refractivity contribution in [1.82, 2.24) is 0 Å². The minimum absolute atomic E-state index is 0.331. The Bertz CT molecular complexity index is 636. The number of nitrogens with two attached hydrogens (primary N) is 1. The molecule has 0 fully saturated rings. The molecule has 0 radical (unpaired) electrons. The first kappa shape index (κ1) is 11.8. The van der Waals surface area contributed by atoms with Crippen LogP contribution in [0.3, 0.4) is 0 Å². The van der Waals surface area contributed by atoms with Crippen LogP contribution in [0.15, 0.2) is 48.5 Å². The number of amides is 1. The zero-order valence-corrected chi connectivity index (χ0v) is 10.8. The maximum absolute atomic E-state index is 11.6. The van der Waals surface area contributed by atoms with Crippen LogP contribution in [0.1, 0.15) is 22.8 Å². The number of hydrogen-bond acceptors (Lipinski definition) is 2. The molecule has 0 saturated heterocycles. The van der Waals surface area contributed by atoms with Crippen LogP contribution >= 0.6 is 0 Å². The van der Waals surface area contributed by atoms with Crippen molar-refractivity contribution in [3.8, 4) is 0 Å². The van der Waals surface area contributed by atoms with Crippen LogP contribution < -0.4 is 10.6 Å². The molecule has 2 N–H and O–H groups in total. The highest BCUT2D eigenvalue weighted by Crippen LogP contribution is 2.39. The van der Waals surface area contributed by atoms with Crippen LogP contribution in [0.4, 0.5) is 11.4 Å². The molecular weight excluding hydrogens is 236 g/mol. The van der Waals surface area contributed by atoms with E-state index in [-0.39, 0.29) is 5.91 Å². The van der Waals surface area contributed by atoms with E-state index >= 15 is 0 Å². The molecule has 3 rings (SSSR count). The lowest BCUT2D eigenvalue weighted by Gasteiger charge is -2.26. The molecule has 1 unspecified atom stereocenters. The van der Waals surface area contributed by atoms with Gasteiger partial charge in [0.1, 0.15) is 0 Å². The lowest BCUT2D eigenvalue weighted by atomic mass is 10.1. The first-order valence-corrected chi connectivity index (χ1v) is 6.44. The zero-order valence-electron chi connectivity index (χ0n) is 10.8. The van der Waals surface area contributed by atoms with Gasteiger partial charge in [0.15, 0.2) is 0 Å². The number of fused-ring (bicyclic) bond motifs is 1. The van der Waals surface area contributed by atoms with Crippen molar-refractivity contribution in [3.63, 3.8) is 0 Å². The number of primary amides is 1. The van der Waals surface area contributed by atoms with Gasteiger partial charge in [0, 0.05) is 11.7 Å². The second-order valence-electron chi connectivity index (χ2n) is 4.93. The van der Waals surface area contributed by atoms with Crippen LogP contribution in [0, 0.1) is 0 Å². The van der Waals surface area contributed by atoms with Crippen molar-refractivity contribution < 1.29 is 4.79 Å². The average molecular weight is 252 g/mol. The molecule has 1 aliphatic heterocycles. The molecule has 2 aromatic rings. The fourth-order valence-electron chi connectivity index (χ4n) is 2.82. The highest BCUT2D eigenvalue weighted by atomic mass is 16.1. The van der Waals surface area contributed by atoms with Crippen molar-refractivity contribution in [1.29, 1.82) is 0 Å². The highest BCUT2D eigenvalue weighted by molar-refractivity contribution is 6.00. The van der Waals surface area contributed by atoms with Gasteiger partial charge in [0.2, 0.25) is 0 Å². The van der Waals surface area contributed by atoms with Gasteiger partial charge in [-0.1, -0.05) is 30.3 Å². The van der Waals surface area contributed by atoms with E-state index in [0.717, 1.165) is 12.1 Å². The number of nitrogens with zero attached hydrogens (tertiary/aromatic N) is 1. The van der Waals surface area contributed by atoms with Gasteiger partial charge in [-0.3, -0.25) is 4.79 Å². The highest BCUT2D eigenvalue weighted by Gasteiger charge is 2.28. The standard InChI is InChI=1S/C16H16N2O/c1-11-10-12-6-2-4-8-14(12)18(11)15-9-5-3-7-13(15)16(17)19/h2-9,11H,10H2,1H3,(H2,17,19). The summed E-state index contributed by atoms with van der Waals surface area (Å²) in [6, 6.07) is 16.2. The molecule has 2 aromatic carbocycles. The molecule has 1 heterocycles. The Hall–Kier alpha value is -2.29. The first-order valence-electron chi connectivity index (χ1n) is 6.44. The maximum Gasteiger partial charge on any atom is 0.250 e. The molecule has 1 aliphatic rings. The lowest BCUT2D eigenvalue weighted by Crippen LogP contribution is -2.27. The maximum atomic E-state index is 11.6. The molecule has 1 atom stereocenters. The van der Waals surface area contributed by atoms with Crippen LogP contribution in [0.2, 0.25) is 0 Å². The molecule has 96 valence electrons. The van der Waals surface area contributed by atoms with Crippen LogP contribution in [-0.4, -0.2) is 11.9 Å². The molecular formula is C16H16N2O. The summed E-state index contributed by atoms with van der Waals surface area (Å²) in [4.78, 5) is 13.8. The monoisotopic (exact) mass is 252 g/mol. The van der Waals surface area contributed by atoms with Crippen molar-refractivity contribution in [3.05, 3.63) is 59.7 Å². The largest absolute Gasteiger partial charge is 0.366 e. The van der Waals surface area contributed by atoms with Crippen LogP contribution in [0.25, 0.3) is 0 Å². The topological polar surface area (TPSA) is 46.3 Å². The zero-order chi connectivity index (χ0) is 13.4. The third-order valence-electron chi connectivity index (χ3n) is 3.64. The summed E-state index contributed by atoms with van der Waals surface area (Å²) in [6.45, 7) is 2.16. The Morgan fingerprint density at radius 1 is 1.11 bits per heavy atom. The fourth-order valence-corrected chi connectivity index (χ4v) is 2.82. The van der Waals surface area contributed by atoms with E-state index < -0.39 is 0 Å². The minimum atomic E-state index is -0.382. The summed E-state index contributed by atoms with van der Waals surface area (Å²) >= 11 is 0. The van der Waals surface area contributed by atoms with E-state index in [1.165, 1.54) is 11.3 Å². The summed E-state index contributed by atoms with van der Waals surface area (Å²) in [6.07, 6.45) is 0.989. The van der Waals surface area contributed by atoms with Crippen molar-refractivity contribution in [2.45, 2.75) is 19.4 Å². The van der Waals surface area contributed by atoms with Gasteiger partial charge in [0.25, 0.3) is 5.91 Å². The van der Waals surface area contributed by atoms with E-state index in [1.807, 2.05) is 24.3 Å². The molecule has 0 spiro atoms. The predicted octanol–water partition coefficient (Wildman–Crippen LogP) is 2.87. The Morgan fingerprint density at radius 2 is 1.74 bits per heavy atom. The number of benzene rings is 2. The molecule has 0 aliphatic carbocycles. The van der Waals surface area contributed by atoms with Crippen molar-refractivity contribution >= 4 is 17.3 Å². The molecule has 0 aromatic heterocycles. The normalized spacial score (nSPS) is 17.3. The Morgan fingerprint density at radius 3 is 2.47 bits per heavy atom.